The maximum absolute atomic E-state index is 11.9. The van der Waals surface area contributed by atoms with Crippen LogP contribution in [0.4, 0.5) is 0 Å². The molecule has 0 spiro atoms. The van der Waals surface area contributed by atoms with Crippen molar-refractivity contribution in [3.63, 3.8) is 0 Å². The number of carbonyl (C=O) groups excluding carboxylic acids is 1. The molecule has 7 nitrogen and oxygen atoms in total. The summed E-state index contributed by atoms with van der Waals surface area (Å²) in [5.41, 5.74) is 0.403. The minimum absolute atomic E-state index is 0.0672. The minimum Gasteiger partial charge on any atom is -0.348 e. The molecule has 1 fully saturated rings. The predicted molar refractivity (Wildman–Crippen MR) is 75.8 cm³/mol. The van der Waals surface area contributed by atoms with Crippen molar-refractivity contribution < 1.29 is 4.79 Å². The number of carbonyl (C=O) groups is 1. The molecular weight excluding hydrogens is 270 g/mol. The maximum atomic E-state index is 11.9. The number of hydrogen-bond acceptors (Lipinski definition) is 4. The van der Waals surface area contributed by atoms with Crippen LogP contribution in [0.25, 0.3) is 0 Å². The number of nitrogens with one attached hydrogen (secondary N) is 2. The van der Waals surface area contributed by atoms with Gasteiger partial charge in [0, 0.05) is 24.5 Å². The van der Waals surface area contributed by atoms with E-state index in [0.29, 0.717) is 5.69 Å². The molecule has 110 valence electrons. The summed E-state index contributed by atoms with van der Waals surface area (Å²) in [6.07, 6.45) is 6.55. The highest BCUT2D eigenvalue weighted by atomic mass is 16.2. The topological polar surface area (TPSA) is 92.7 Å². The van der Waals surface area contributed by atoms with Gasteiger partial charge in [0.1, 0.15) is 5.69 Å². The summed E-state index contributed by atoms with van der Waals surface area (Å²) in [5.74, 6) is -0.133. The molecule has 2 N–H and O–H groups in total. The number of hydrogen-bond donors (Lipinski definition) is 2. The van der Waals surface area contributed by atoms with Crippen molar-refractivity contribution in [2.24, 2.45) is 0 Å². The van der Waals surface area contributed by atoms with E-state index >= 15 is 0 Å². The lowest BCUT2D eigenvalue weighted by atomic mass is 9.91. The Labute approximate surface area is 121 Å². The summed E-state index contributed by atoms with van der Waals surface area (Å²) in [7, 11) is 0. The minimum atomic E-state index is -0.133. The third-order valence-corrected chi connectivity index (χ3v) is 3.86. The molecule has 21 heavy (non-hydrogen) atoms. The van der Waals surface area contributed by atoms with Crippen molar-refractivity contribution in [3.05, 3.63) is 46.6 Å². The molecule has 0 radical (unpaired) electrons. The lowest BCUT2D eigenvalue weighted by Gasteiger charge is -2.29. The first kappa shape index (κ1) is 13.5. The SMILES string of the molecule is O=C(NC1CCC(n2ncccc2=O)CC1)c1ccn[nH]1. The highest BCUT2D eigenvalue weighted by Gasteiger charge is 2.25. The molecule has 1 aliphatic rings. The van der Waals surface area contributed by atoms with Crippen LogP contribution in [0.2, 0.25) is 0 Å². The Balaban J connectivity index is 1.57. The van der Waals surface area contributed by atoms with E-state index in [9.17, 15) is 9.59 Å². The van der Waals surface area contributed by atoms with Gasteiger partial charge in [0.2, 0.25) is 0 Å². The third kappa shape index (κ3) is 3.01. The van der Waals surface area contributed by atoms with Crippen LogP contribution in [-0.2, 0) is 0 Å². The van der Waals surface area contributed by atoms with E-state index in [0.717, 1.165) is 25.7 Å². The van der Waals surface area contributed by atoms with Crippen LogP contribution < -0.4 is 10.9 Å². The summed E-state index contributed by atoms with van der Waals surface area (Å²) in [6, 6.07) is 5.08. The monoisotopic (exact) mass is 287 g/mol. The summed E-state index contributed by atoms with van der Waals surface area (Å²) in [6.45, 7) is 0. The largest absolute Gasteiger partial charge is 0.348 e. The lowest BCUT2D eigenvalue weighted by Crippen LogP contribution is -2.39. The number of rotatable bonds is 3. The zero-order chi connectivity index (χ0) is 14.7. The first-order valence-corrected chi connectivity index (χ1v) is 7.08. The van der Waals surface area contributed by atoms with E-state index in [4.69, 9.17) is 0 Å². The van der Waals surface area contributed by atoms with Crippen molar-refractivity contribution in [1.29, 1.82) is 0 Å². The van der Waals surface area contributed by atoms with Crippen LogP contribution >= 0.6 is 0 Å². The second kappa shape index (κ2) is 5.90. The van der Waals surface area contributed by atoms with E-state index in [-0.39, 0.29) is 23.6 Å². The molecule has 0 aliphatic heterocycles. The van der Waals surface area contributed by atoms with Gasteiger partial charge >= 0.3 is 0 Å². The molecule has 2 aromatic heterocycles. The van der Waals surface area contributed by atoms with Crippen molar-refractivity contribution in [2.75, 3.05) is 0 Å². The first-order chi connectivity index (χ1) is 10.2. The summed E-state index contributed by atoms with van der Waals surface area (Å²) >= 11 is 0. The molecule has 0 unspecified atom stereocenters. The molecule has 1 aliphatic carbocycles. The second-order valence-corrected chi connectivity index (χ2v) is 5.26. The Kier molecular flexibility index (Phi) is 3.81. The summed E-state index contributed by atoms with van der Waals surface area (Å²) < 4.78 is 1.55. The van der Waals surface area contributed by atoms with E-state index in [1.807, 2.05) is 0 Å². The van der Waals surface area contributed by atoms with Gasteiger partial charge in [0.15, 0.2) is 0 Å². The molecule has 2 heterocycles. The molecule has 3 rings (SSSR count). The number of aromatic nitrogens is 4. The Morgan fingerprint density at radius 1 is 1.24 bits per heavy atom. The van der Waals surface area contributed by atoms with Gasteiger partial charge in [-0.05, 0) is 37.8 Å². The molecule has 2 aromatic rings. The molecule has 1 saturated carbocycles. The summed E-state index contributed by atoms with van der Waals surface area (Å²) in [5, 5.41) is 13.5. The molecular formula is C14H17N5O2. The van der Waals surface area contributed by atoms with E-state index in [1.54, 1.807) is 29.2 Å². The van der Waals surface area contributed by atoms with Crippen molar-refractivity contribution in [2.45, 2.75) is 37.8 Å². The van der Waals surface area contributed by atoms with Gasteiger partial charge in [-0.1, -0.05) is 0 Å². The number of H-pyrrole nitrogens is 1. The highest BCUT2D eigenvalue weighted by molar-refractivity contribution is 5.92. The predicted octanol–water partition coefficient (Wildman–Crippen LogP) is 0.880. The van der Waals surface area contributed by atoms with Crippen LogP contribution in [-0.4, -0.2) is 31.9 Å². The van der Waals surface area contributed by atoms with Crippen molar-refractivity contribution in [3.8, 4) is 0 Å². The van der Waals surface area contributed by atoms with Gasteiger partial charge in [-0.25, -0.2) is 4.68 Å². The van der Waals surface area contributed by atoms with Gasteiger partial charge in [-0.2, -0.15) is 10.2 Å². The molecule has 0 atom stereocenters. The summed E-state index contributed by atoms with van der Waals surface area (Å²) in [4.78, 5) is 23.7. The number of aromatic amines is 1. The van der Waals surface area contributed by atoms with Gasteiger partial charge < -0.3 is 5.32 Å². The van der Waals surface area contributed by atoms with Gasteiger partial charge in [0.05, 0.1) is 6.04 Å². The number of amides is 1. The first-order valence-electron chi connectivity index (χ1n) is 7.08. The molecule has 0 bridgehead atoms. The zero-order valence-electron chi connectivity index (χ0n) is 11.5. The normalized spacial score (nSPS) is 21.9. The van der Waals surface area contributed by atoms with Crippen LogP contribution in [0.15, 0.2) is 35.4 Å². The fourth-order valence-corrected chi connectivity index (χ4v) is 2.75. The maximum Gasteiger partial charge on any atom is 0.269 e. The average molecular weight is 287 g/mol. The van der Waals surface area contributed by atoms with E-state index in [1.165, 1.54) is 6.07 Å². The third-order valence-electron chi connectivity index (χ3n) is 3.86. The van der Waals surface area contributed by atoms with Gasteiger partial charge in [0.25, 0.3) is 11.5 Å². The Bertz CT molecular complexity index is 656. The number of nitrogens with zero attached hydrogens (tertiary/aromatic N) is 3. The van der Waals surface area contributed by atoms with Crippen LogP contribution in [0.1, 0.15) is 42.2 Å². The lowest BCUT2D eigenvalue weighted by molar-refractivity contribution is 0.0916. The smallest absolute Gasteiger partial charge is 0.269 e. The Hall–Kier alpha value is -2.44. The van der Waals surface area contributed by atoms with Crippen LogP contribution in [0.5, 0.6) is 0 Å². The standard InChI is InChI=1S/C14H17N5O2/c20-13-2-1-8-16-19(13)11-5-3-10(4-6-11)17-14(21)12-7-9-15-18-12/h1-2,7-11H,3-6H2,(H,15,18)(H,17,21). The highest BCUT2D eigenvalue weighted by Crippen LogP contribution is 2.26. The van der Waals surface area contributed by atoms with Crippen molar-refractivity contribution in [1.82, 2.24) is 25.3 Å². The molecule has 1 amide bonds. The second-order valence-electron chi connectivity index (χ2n) is 5.26. The van der Waals surface area contributed by atoms with Gasteiger partial charge in [-0.15, -0.1) is 0 Å². The zero-order valence-corrected chi connectivity index (χ0v) is 11.5. The van der Waals surface area contributed by atoms with Crippen molar-refractivity contribution >= 4 is 5.91 Å². The quantitative estimate of drug-likeness (QED) is 0.876. The Morgan fingerprint density at radius 3 is 2.71 bits per heavy atom. The fraction of sp³-hybridized carbons (Fsp3) is 0.429. The van der Waals surface area contributed by atoms with Gasteiger partial charge in [-0.3, -0.25) is 14.7 Å². The molecule has 0 saturated heterocycles. The molecule has 0 aromatic carbocycles. The van der Waals surface area contributed by atoms with Crippen LogP contribution in [0, 0.1) is 0 Å². The Morgan fingerprint density at radius 2 is 2.05 bits per heavy atom. The van der Waals surface area contributed by atoms with Crippen LogP contribution in [0.3, 0.4) is 0 Å². The van der Waals surface area contributed by atoms with E-state index in [2.05, 4.69) is 20.6 Å². The average Bonchev–Trinajstić information content (AvgIpc) is 3.03. The fourth-order valence-electron chi connectivity index (χ4n) is 2.75. The molecule has 7 heteroatoms. The van der Waals surface area contributed by atoms with E-state index < -0.39 is 0 Å².